The zero-order chi connectivity index (χ0) is 21.5. The number of benzene rings is 2. The quantitative estimate of drug-likeness (QED) is 0.634. The van der Waals surface area contributed by atoms with Crippen LogP contribution < -0.4 is 5.32 Å². The third-order valence-corrected chi connectivity index (χ3v) is 5.48. The van der Waals surface area contributed by atoms with E-state index in [1.807, 2.05) is 32.0 Å². The smallest absolute Gasteiger partial charge is 0.267 e. The Morgan fingerprint density at radius 3 is 2.50 bits per heavy atom. The maximum Gasteiger partial charge on any atom is 0.267 e. The highest BCUT2D eigenvalue weighted by molar-refractivity contribution is 6.30. The monoisotopic (exact) mass is 418 g/mol. The maximum atomic E-state index is 13.3. The fourth-order valence-corrected chi connectivity index (χ4v) is 3.61. The van der Waals surface area contributed by atoms with Gasteiger partial charge in [0.15, 0.2) is 0 Å². The van der Waals surface area contributed by atoms with Crippen LogP contribution in [-0.2, 0) is 11.2 Å². The van der Waals surface area contributed by atoms with Gasteiger partial charge in [-0.1, -0.05) is 23.7 Å². The Kier molecular flexibility index (Phi) is 4.92. The Balaban J connectivity index is 1.69. The minimum absolute atomic E-state index is 0.118. The van der Waals surface area contributed by atoms with Gasteiger partial charge >= 0.3 is 0 Å². The van der Waals surface area contributed by atoms with Gasteiger partial charge in [-0.05, 0) is 61.2 Å². The van der Waals surface area contributed by atoms with E-state index >= 15 is 0 Å². The molecule has 3 aromatic rings. The number of nitrogens with zero attached hydrogens (tertiary/aromatic N) is 3. The van der Waals surface area contributed by atoms with E-state index in [2.05, 4.69) is 21.5 Å². The third-order valence-electron chi connectivity index (χ3n) is 5.23. The van der Waals surface area contributed by atoms with E-state index in [0.717, 1.165) is 27.7 Å². The van der Waals surface area contributed by atoms with Crippen molar-refractivity contribution in [1.82, 2.24) is 9.88 Å². The Morgan fingerprint density at radius 1 is 1.17 bits per heavy atom. The highest BCUT2D eigenvalue weighted by atomic mass is 35.5. The lowest BCUT2D eigenvalue weighted by Gasteiger charge is -2.09. The molecule has 0 saturated heterocycles. The molecular weight excluding hydrogens is 400 g/mol. The second-order valence-electron chi connectivity index (χ2n) is 7.35. The zero-order valence-corrected chi connectivity index (χ0v) is 17.3. The van der Waals surface area contributed by atoms with Gasteiger partial charge in [0.05, 0.1) is 18.5 Å². The predicted molar refractivity (Wildman–Crippen MR) is 116 cm³/mol. The van der Waals surface area contributed by atoms with Gasteiger partial charge in [0.25, 0.3) is 11.6 Å². The Labute approximate surface area is 178 Å². The van der Waals surface area contributed by atoms with Crippen molar-refractivity contribution in [3.63, 3.8) is 0 Å². The SMILES string of the molecule is C#CC1(CNC(=O)Cc2c(C)n(C(=O)c3ccc(Cl)cc3)c3cc(C)ccc23)N=N1. The standard InChI is InChI=1S/C23H19ClN4O2/c1-4-23(26-27-23)13-25-21(29)12-19-15(3)28(20-11-14(2)5-10-18(19)20)22(30)16-6-8-17(24)9-7-16/h1,5-11H,12-13H2,2-3H3,(H,25,29). The van der Waals surface area contributed by atoms with Crippen LogP contribution in [0.4, 0.5) is 0 Å². The van der Waals surface area contributed by atoms with Gasteiger partial charge in [-0.15, -0.1) is 16.7 Å². The highest BCUT2D eigenvalue weighted by Gasteiger charge is 2.38. The van der Waals surface area contributed by atoms with Gasteiger partial charge < -0.3 is 5.32 Å². The van der Waals surface area contributed by atoms with Gasteiger partial charge in [0, 0.05) is 21.7 Å². The molecule has 6 nitrogen and oxygen atoms in total. The van der Waals surface area contributed by atoms with Crippen LogP contribution in [0.5, 0.6) is 0 Å². The molecule has 4 rings (SSSR count). The van der Waals surface area contributed by atoms with Crippen LogP contribution in [0, 0.1) is 26.2 Å². The van der Waals surface area contributed by atoms with Crippen LogP contribution in [0.3, 0.4) is 0 Å². The third kappa shape index (κ3) is 3.60. The number of halogens is 1. The molecule has 0 fully saturated rings. The van der Waals surface area contributed by atoms with Crippen molar-refractivity contribution in [2.24, 2.45) is 10.2 Å². The van der Waals surface area contributed by atoms with E-state index in [-0.39, 0.29) is 24.8 Å². The van der Waals surface area contributed by atoms with E-state index in [4.69, 9.17) is 18.0 Å². The minimum atomic E-state index is -0.916. The zero-order valence-electron chi connectivity index (χ0n) is 16.6. The summed E-state index contributed by atoms with van der Waals surface area (Å²) in [6.45, 7) is 3.98. The molecule has 0 aliphatic carbocycles. The molecule has 7 heteroatoms. The number of rotatable bonds is 5. The predicted octanol–water partition coefficient (Wildman–Crippen LogP) is 4.05. The fraction of sp³-hybridized carbons (Fsp3) is 0.217. The summed E-state index contributed by atoms with van der Waals surface area (Å²) >= 11 is 5.96. The van der Waals surface area contributed by atoms with Crippen LogP contribution in [0.25, 0.3) is 10.9 Å². The highest BCUT2D eigenvalue weighted by Crippen LogP contribution is 2.29. The summed E-state index contributed by atoms with van der Waals surface area (Å²) in [5, 5.41) is 11.8. The molecule has 1 aliphatic heterocycles. The molecule has 2 aromatic carbocycles. The van der Waals surface area contributed by atoms with Crippen LogP contribution in [-0.4, -0.2) is 28.6 Å². The van der Waals surface area contributed by atoms with E-state index in [1.54, 1.807) is 28.8 Å². The molecule has 0 bridgehead atoms. The maximum absolute atomic E-state index is 13.3. The van der Waals surface area contributed by atoms with Crippen LogP contribution in [0.1, 0.15) is 27.2 Å². The van der Waals surface area contributed by atoms with Gasteiger partial charge in [0.1, 0.15) is 0 Å². The van der Waals surface area contributed by atoms with Crippen molar-refractivity contribution in [1.29, 1.82) is 0 Å². The number of terminal acetylenes is 1. The molecule has 2 heterocycles. The topological polar surface area (TPSA) is 75.8 Å². The summed E-state index contributed by atoms with van der Waals surface area (Å²) in [6, 6.07) is 12.6. The second kappa shape index (κ2) is 7.43. The van der Waals surface area contributed by atoms with Crippen molar-refractivity contribution in [2.45, 2.75) is 25.9 Å². The molecule has 1 aliphatic rings. The average molecular weight is 419 g/mol. The van der Waals surface area contributed by atoms with Crippen LogP contribution >= 0.6 is 11.6 Å². The summed E-state index contributed by atoms with van der Waals surface area (Å²) in [7, 11) is 0. The van der Waals surface area contributed by atoms with Crippen molar-refractivity contribution < 1.29 is 9.59 Å². The largest absolute Gasteiger partial charge is 0.350 e. The molecule has 150 valence electrons. The van der Waals surface area contributed by atoms with E-state index in [0.29, 0.717) is 10.6 Å². The lowest BCUT2D eigenvalue weighted by molar-refractivity contribution is -0.120. The second-order valence-corrected chi connectivity index (χ2v) is 7.78. The normalized spacial score (nSPS) is 13.8. The number of amides is 1. The van der Waals surface area contributed by atoms with Gasteiger partial charge in [-0.2, -0.15) is 0 Å². The first kappa shape index (κ1) is 19.9. The molecule has 1 N–H and O–H groups in total. The first-order valence-corrected chi connectivity index (χ1v) is 9.81. The Hall–Kier alpha value is -3.43. The molecule has 0 radical (unpaired) electrons. The molecule has 0 unspecified atom stereocenters. The van der Waals surface area contributed by atoms with Gasteiger partial charge in [-0.3, -0.25) is 14.2 Å². The molecule has 0 atom stereocenters. The van der Waals surface area contributed by atoms with Gasteiger partial charge in [0.2, 0.25) is 5.91 Å². The number of aryl methyl sites for hydroxylation is 1. The number of hydrogen-bond donors (Lipinski definition) is 1. The first-order chi connectivity index (χ1) is 14.3. The number of carbonyl (C=O) groups excluding carboxylic acids is 2. The summed E-state index contributed by atoms with van der Waals surface area (Å²) in [5.74, 6) is 2.08. The summed E-state index contributed by atoms with van der Waals surface area (Å²) in [4.78, 5) is 25.9. The molecule has 1 aromatic heterocycles. The molecule has 0 saturated carbocycles. The van der Waals surface area contributed by atoms with Crippen LogP contribution in [0.15, 0.2) is 52.7 Å². The Bertz CT molecular complexity index is 1240. The number of aromatic nitrogens is 1. The number of fused-ring (bicyclic) bond motifs is 1. The summed E-state index contributed by atoms with van der Waals surface area (Å²) < 4.78 is 1.66. The molecule has 0 spiro atoms. The van der Waals surface area contributed by atoms with Crippen LogP contribution in [0.2, 0.25) is 5.02 Å². The Morgan fingerprint density at radius 2 is 1.87 bits per heavy atom. The summed E-state index contributed by atoms with van der Waals surface area (Å²) in [6.07, 6.45) is 5.50. The van der Waals surface area contributed by atoms with Crippen molar-refractivity contribution in [2.75, 3.05) is 6.54 Å². The summed E-state index contributed by atoms with van der Waals surface area (Å²) in [5.41, 5.74) is 2.91. The number of carbonyl (C=O) groups is 2. The molecular formula is C23H19ClN4O2. The molecule has 30 heavy (non-hydrogen) atoms. The number of nitrogens with one attached hydrogen (secondary N) is 1. The van der Waals surface area contributed by atoms with E-state index < -0.39 is 5.66 Å². The first-order valence-electron chi connectivity index (χ1n) is 9.43. The van der Waals surface area contributed by atoms with E-state index in [1.165, 1.54) is 0 Å². The van der Waals surface area contributed by atoms with Crippen molar-refractivity contribution >= 4 is 34.3 Å². The van der Waals surface area contributed by atoms with Gasteiger partial charge in [-0.25, -0.2) is 0 Å². The minimum Gasteiger partial charge on any atom is -0.350 e. The van der Waals surface area contributed by atoms with E-state index in [9.17, 15) is 9.59 Å². The lowest BCUT2D eigenvalue weighted by Crippen LogP contribution is -2.34. The lowest BCUT2D eigenvalue weighted by atomic mass is 10.1. The number of hydrogen-bond acceptors (Lipinski definition) is 4. The van der Waals surface area contributed by atoms with Crippen molar-refractivity contribution in [3.8, 4) is 12.3 Å². The fourth-order valence-electron chi connectivity index (χ4n) is 3.48. The molecule has 1 amide bonds. The van der Waals surface area contributed by atoms with Crippen molar-refractivity contribution in [3.05, 3.63) is 69.9 Å². The average Bonchev–Trinajstić information content (AvgIpc) is 3.47.